The average Bonchev–Trinajstić information content (AvgIpc) is 3.24. The van der Waals surface area contributed by atoms with Gasteiger partial charge < -0.3 is 16.0 Å². The first kappa shape index (κ1) is 18.1. The van der Waals surface area contributed by atoms with Crippen molar-refractivity contribution < 1.29 is 22.8 Å². The highest BCUT2D eigenvalue weighted by atomic mass is 19.4. The van der Waals surface area contributed by atoms with E-state index in [1.54, 1.807) is 6.07 Å². The number of rotatable bonds is 4. The van der Waals surface area contributed by atoms with Crippen molar-refractivity contribution in [1.29, 1.82) is 0 Å². The molecular formula is C16H20F3N3O2. The number of carbonyl (C=O) groups excluding carboxylic acids is 2. The lowest BCUT2D eigenvalue weighted by atomic mass is 10.0. The summed E-state index contributed by atoms with van der Waals surface area (Å²) in [6, 6.07) is 4.51. The Labute approximate surface area is 138 Å². The van der Waals surface area contributed by atoms with Gasteiger partial charge in [-0.25, -0.2) is 4.79 Å². The zero-order chi connectivity index (χ0) is 18.1. The zero-order valence-corrected chi connectivity index (χ0v) is 13.6. The van der Waals surface area contributed by atoms with Crippen LogP contribution in [0.5, 0.6) is 0 Å². The highest BCUT2D eigenvalue weighted by molar-refractivity contribution is 5.90. The van der Waals surface area contributed by atoms with E-state index in [1.165, 1.54) is 33.0 Å². The van der Waals surface area contributed by atoms with Crippen LogP contribution in [-0.4, -0.2) is 30.6 Å². The summed E-state index contributed by atoms with van der Waals surface area (Å²) < 4.78 is 39.2. The minimum atomic E-state index is -4.42. The number of halogens is 3. The Hall–Kier alpha value is -2.25. The third kappa shape index (κ3) is 3.98. The fraction of sp³-hybridized carbons (Fsp3) is 0.500. The molecule has 3 amide bonds. The van der Waals surface area contributed by atoms with E-state index in [0.717, 1.165) is 6.07 Å². The quantitative estimate of drug-likeness (QED) is 0.786. The fourth-order valence-corrected chi connectivity index (χ4v) is 2.53. The first-order valence-electron chi connectivity index (χ1n) is 7.53. The average molecular weight is 343 g/mol. The molecule has 0 saturated heterocycles. The third-order valence-electron chi connectivity index (χ3n) is 3.99. The van der Waals surface area contributed by atoms with Crippen LogP contribution in [0.4, 0.5) is 18.0 Å². The SMILES string of the molecule is CNC(=O)NC(C)(C)C(=O)N[C@@H]1C[C@@H]1c1ccccc1C(F)(F)F. The molecule has 8 heteroatoms. The number of hydrogen-bond donors (Lipinski definition) is 3. The van der Waals surface area contributed by atoms with Crippen molar-refractivity contribution in [3.8, 4) is 0 Å². The summed E-state index contributed by atoms with van der Waals surface area (Å²) in [5.74, 6) is -0.814. The second-order valence-electron chi connectivity index (χ2n) is 6.34. The molecule has 1 saturated carbocycles. The van der Waals surface area contributed by atoms with Crippen molar-refractivity contribution in [2.24, 2.45) is 0 Å². The van der Waals surface area contributed by atoms with Crippen molar-refractivity contribution in [1.82, 2.24) is 16.0 Å². The van der Waals surface area contributed by atoms with Crippen LogP contribution < -0.4 is 16.0 Å². The number of alkyl halides is 3. The Bertz CT molecular complexity index is 644. The Morgan fingerprint density at radius 1 is 1.17 bits per heavy atom. The van der Waals surface area contributed by atoms with E-state index in [1.807, 2.05) is 0 Å². The van der Waals surface area contributed by atoms with Crippen LogP contribution >= 0.6 is 0 Å². The Morgan fingerprint density at radius 2 is 1.79 bits per heavy atom. The van der Waals surface area contributed by atoms with Crippen molar-refractivity contribution in [2.45, 2.75) is 43.9 Å². The van der Waals surface area contributed by atoms with E-state index < -0.39 is 29.2 Å². The highest BCUT2D eigenvalue weighted by Gasteiger charge is 2.46. The van der Waals surface area contributed by atoms with E-state index in [2.05, 4.69) is 16.0 Å². The molecule has 1 aromatic carbocycles. The second-order valence-corrected chi connectivity index (χ2v) is 6.34. The predicted molar refractivity (Wildman–Crippen MR) is 82.4 cm³/mol. The number of carbonyl (C=O) groups is 2. The Morgan fingerprint density at radius 3 is 2.38 bits per heavy atom. The summed E-state index contributed by atoms with van der Waals surface area (Å²) in [4.78, 5) is 23.6. The maximum absolute atomic E-state index is 13.1. The molecule has 1 fully saturated rings. The molecule has 0 heterocycles. The lowest BCUT2D eigenvalue weighted by molar-refractivity contribution is -0.138. The van der Waals surface area contributed by atoms with Gasteiger partial charge in [-0.05, 0) is 31.9 Å². The van der Waals surface area contributed by atoms with Gasteiger partial charge in [0.2, 0.25) is 5.91 Å². The van der Waals surface area contributed by atoms with Crippen LogP contribution in [0, 0.1) is 0 Å². The van der Waals surface area contributed by atoms with Gasteiger partial charge in [-0.15, -0.1) is 0 Å². The maximum Gasteiger partial charge on any atom is 0.416 e. The van der Waals surface area contributed by atoms with Crippen molar-refractivity contribution >= 4 is 11.9 Å². The summed E-state index contributed by atoms with van der Waals surface area (Å²) in [6.07, 6.45) is -3.98. The van der Waals surface area contributed by atoms with Gasteiger partial charge in [-0.2, -0.15) is 13.2 Å². The number of urea groups is 1. The molecule has 2 rings (SSSR count). The summed E-state index contributed by atoms with van der Waals surface area (Å²) in [5.41, 5.74) is -1.65. The smallest absolute Gasteiger partial charge is 0.351 e. The van der Waals surface area contributed by atoms with Gasteiger partial charge in [0.25, 0.3) is 0 Å². The molecule has 3 N–H and O–H groups in total. The molecule has 1 aromatic rings. The molecule has 0 aromatic heterocycles. The molecule has 5 nitrogen and oxygen atoms in total. The highest BCUT2D eigenvalue weighted by Crippen LogP contribution is 2.46. The van der Waals surface area contributed by atoms with E-state index in [0.29, 0.717) is 6.42 Å². The Balaban J connectivity index is 2.04. The normalized spacial score (nSPS) is 20.2. The monoisotopic (exact) mass is 343 g/mol. The first-order chi connectivity index (χ1) is 11.1. The van der Waals surface area contributed by atoms with Gasteiger partial charge in [0, 0.05) is 19.0 Å². The van der Waals surface area contributed by atoms with Crippen LogP contribution in [0.25, 0.3) is 0 Å². The molecule has 24 heavy (non-hydrogen) atoms. The molecule has 1 aliphatic carbocycles. The standard InChI is InChI=1S/C16H20F3N3O2/c1-15(2,22-14(24)20-3)13(23)21-12-8-10(12)9-6-4-5-7-11(9)16(17,18)19/h4-7,10,12H,8H2,1-3H3,(H,21,23)(H2,20,22,24)/t10-,12-/m1/s1. The number of amides is 3. The van der Waals surface area contributed by atoms with Crippen molar-refractivity contribution in [3.63, 3.8) is 0 Å². The maximum atomic E-state index is 13.1. The molecule has 132 valence electrons. The van der Waals surface area contributed by atoms with Crippen molar-refractivity contribution in [2.75, 3.05) is 7.05 Å². The van der Waals surface area contributed by atoms with Crippen molar-refractivity contribution in [3.05, 3.63) is 35.4 Å². The Kier molecular flexibility index (Phi) is 4.77. The largest absolute Gasteiger partial charge is 0.416 e. The minimum absolute atomic E-state index is 0.187. The molecule has 0 aliphatic heterocycles. The molecule has 1 aliphatic rings. The molecule has 0 radical (unpaired) electrons. The third-order valence-corrected chi connectivity index (χ3v) is 3.99. The summed E-state index contributed by atoms with van der Waals surface area (Å²) >= 11 is 0. The molecule has 2 atom stereocenters. The predicted octanol–water partition coefficient (Wildman–Crippen LogP) is 2.39. The van der Waals surface area contributed by atoms with Crippen LogP contribution in [0.1, 0.15) is 37.3 Å². The summed E-state index contributed by atoms with van der Waals surface area (Å²) in [7, 11) is 1.42. The summed E-state index contributed by atoms with van der Waals surface area (Å²) in [6.45, 7) is 3.05. The van der Waals surface area contributed by atoms with Gasteiger partial charge in [-0.1, -0.05) is 18.2 Å². The van der Waals surface area contributed by atoms with Crippen LogP contribution in [0.15, 0.2) is 24.3 Å². The lowest BCUT2D eigenvalue weighted by Gasteiger charge is -2.25. The van der Waals surface area contributed by atoms with Crippen LogP contribution in [0.3, 0.4) is 0 Å². The van der Waals surface area contributed by atoms with Gasteiger partial charge in [-0.3, -0.25) is 4.79 Å². The second kappa shape index (κ2) is 6.33. The topological polar surface area (TPSA) is 70.2 Å². The van der Waals surface area contributed by atoms with E-state index in [-0.39, 0.29) is 17.5 Å². The fourth-order valence-electron chi connectivity index (χ4n) is 2.53. The van der Waals surface area contributed by atoms with Gasteiger partial charge in [0.1, 0.15) is 5.54 Å². The first-order valence-corrected chi connectivity index (χ1v) is 7.53. The van der Waals surface area contributed by atoms with E-state index in [9.17, 15) is 22.8 Å². The van der Waals surface area contributed by atoms with Gasteiger partial charge in [0.15, 0.2) is 0 Å². The van der Waals surface area contributed by atoms with Gasteiger partial charge in [0.05, 0.1) is 5.56 Å². The molecule has 0 unspecified atom stereocenters. The minimum Gasteiger partial charge on any atom is -0.351 e. The number of hydrogen-bond acceptors (Lipinski definition) is 2. The lowest BCUT2D eigenvalue weighted by Crippen LogP contribution is -2.57. The van der Waals surface area contributed by atoms with Crippen LogP contribution in [0.2, 0.25) is 0 Å². The van der Waals surface area contributed by atoms with Crippen LogP contribution in [-0.2, 0) is 11.0 Å². The number of nitrogens with one attached hydrogen (secondary N) is 3. The molecule has 0 spiro atoms. The summed E-state index contributed by atoms with van der Waals surface area (Å²) in [5, 5.41) is 7.54. The zero-order valence-electron chi connectivity index (χ0n) is 13.6. The number of benzene rings is 1. The van der Waals surface area contributed by atoms with Gasteiger partial charge >= 0.3 is 12.2 Å². The molecule has 0 bridgehead atoms. The van der Waals surface area contributed by atoms with E-state index in [4.69, 9.17) is 0 Å². The van der Waals surface area contributed by atoms with E-state index >= 15 is 0 Å². The molecular weight excluding hydrogens is 323 g/mol.